The third-order valence-corrected chi connectivity index (χ3v) is 7.67. The number of halogens is 4. The molecule has 4 aromatic heterocycles. The maximum atomic E-state index is 13.5. The summed E-state index contributed by atoms with van der Waals surface area (Å²) in [6.07, 6.45) is -1.71. The number of hydrogen-bond acceptors (Lipinski definition) is 5. The molecule has 7 nitrogen and oxygen atoms in total. The molecule has 5 rings (SSSR count). The van der Waals surface area contributed by atoms with Crippen LogP contribution in [0.2, 0.25) is 0 Å². The lowest BCUT2D eigenvalue weighted by atomic mass is 10.1. The van der Waals surface area contributed by atoms with E-state index in [0.29, 0.717) is 21.2 Å². The lowest BCUT2D eigenvalue weighted by Gasteiger charge is -2.10. The zero-order valence-corrected chi connectivity index (χ0v) is 19.6. The van der Waals surface area contributed by atoms with E-state index in [1.807, 2.05) is 0 Å². The van der Waals surface area contributed by atoms with Crippen molar-refractivity contribution in [3.63, 3.8) is 0 Å². The van der Waals surface area contributed by atoms with Gasteiger partial charge in [0.15, 0.2) is 20.7 Å². The zero-order valence-electron chi connectivity index (χ0n) is 17.2. The van der Waals surface area contributed by atoms with Crippen LogP contribution in [-0.4, -0.2) is 38.1 Å². The average Bonchev–Trinajstić information content (AvgIpc) is 3.30. The van der Waals surface area contributed by atoms with Gasteiger partial charge in [-0.25, -0.2) is 18.4 Å². The van der Waals surface area contributed by atoms with Gasteiger partial charge in [-0.15, -0.1) is 0 Å². The minimum absolute atomic E-state index is 0.0343. The van der Waals surface area contributed by atoms with Crippen molar-refractivity contribution in [2.75, 3.05) is 5.75 Å². The maximum absolute atomic E-state index is 13.5. The fourth-order valence-corrected chi connectivity index (χ4v) is 5.43. The minimum atomic E-state index is -4.57. The molecule has 0 saturated heterocycles. The molecule has 0 amide bonds. The third-order valence-electron chi connectivity index (χ3n) is 5.46. The van der Waals surface area contributed by atoms with Crippen LogP contribution in [0.15, 0.2) is 52.2 Å². The van der Waals surface area contributed by atoms with Crippen LogP contribution in [0.3, 0.4) is 0 Å². The zero-order chi connectivity index (χ0) is 23.7. The topological polar surface area (TPSA) is 82.1 Å². The summed E-state index contributed by atoms with van der Waals surface area (Å²) in [4.78, 5) is 13.0. The largest absolute Gasteiger partial charge is 0.418 e. The minimum Gasteiger partial charge on any atom is -0.325 e. The Morgan fingerprint density at radius 1 is 1.12 bits per heavy atom. The maximum Gasteiger partial charge on any atom is 0.418 e. The van der Waals surface area contributed by atoms with E-state index in [9.17, 15) is 21.6 Å². The smallest absolute Gasteiger partial charge is 0.325 e. The molecule has 0 bridgehead atoms. The lowest BCUT2D eigenvalue weighted by molar-refractivity contribution is -0.136. The van der Waals surface area contributed by atoms with Crippen molar-refractivity contribution in [3.8, 4) is 11.5 Å². The first-order chi connectivity index (χ1) is 15.5. The number of aromatic nitrogens is 5. The normalized spacial score (nSPS) is 12.9. The van der Waals surface area contributed by atoms with E-state index in [2.05, 4.69) is 30.9 Å². The van der Waals surface area contributed by atoms with Crippen LogP contribution in [0.1, 0.15) is 12.5 Å². The van der Waals surface area contributed by atoms with E-state index in [1.165, 1.54) is 29.7 Å². The molecule has 0 spiro atoms. The van der Waals surface area contributed by atoms with Crippen LogP contribution in [0.4, 0.5) is 13.2 Å². The van der Waals surface area contributed by atoms with Crippen LogP contribution in [0.5, 0.6) is 0 Å². The molecule has 0 N–H and O–H groups in total. The SMILES string of the molecule is CCS(=O)(=O)c1c(-c2nc3cnc4c(C(F)(F)F)cccc4c3n2C)nc2ccc(Br)cn12. The van der Waals surface area contributed by atoms with E-state index in [1.54, 1.807) is 29.9 Å². The Bertz CT molecular complexity index is 1690. The predicted molar refractivity (Wildman–Crippen MR) is 121 cm³/mol. The summed E-state index contributed by atoms with van der Waals surface area (Å²) in [6.45, 7) is 1.53. The van der Waals surface area contributed by atoms with Crippen molar-refractivity contribution in [2.45, 2.75) is 18.1 Å². The summed E-state index contributed by atoms with van der Waals surface area (Å²) in [5.41, 5.74) is 0.198. The molecule has 0 aliphatic carbocycles. The van der Waals surface area contributed by atoms with Crippen molar-refractivity contribution in [3.05, 3.63) is 52.8 Å². The summed E-state index contributed by atoms with van der Waals surface area (Å²) in [5, 5.41) is 0.225. The highest BCUT2D eigenvalue weighted by molar-refractivity contribution is 9.10. The summed E-state index contributed by atoms with van der Waals surface area (Å²) >= 11 is 3.35. The molecular formula is C21H15BrF3N5O2S. The van der Waals surface area contributed by atoms with Crippen molar-refractivity contribution in [1.82, 2.24) is 23.9 Å². The Balaban J connectivity index is 1.88. The molecule has 12 heteroatoms. The molecule has 0 fully saturated rings. The van der Waals surface area contributed by atoms with Gasteiger partial charge in [-0.05, 0) is 34.1 Å². The molecule has 0 atom stereocenters. The Kier molecular flexibility index (Phi) is 4.80. The van der Waals surface area contributed by atoms with E-state index < -0.39 is 21.6 Å². The van der Waals surface area contributed by atoms with Crippen LogP contribution < -0.4 is 0 Å². The highest BCUT2D eigenvalue weighted by Crippen LogP contribution is 2.37. The highest BCUT2D eigenvalue weighted by Gasteiger charge is 2.34. The second-order valence-electron chi connectivity index (χ2n) is 7.43. The summed E-state index contributed by atoms with van der Waals surface area (Å²) in [7, 11) is -2.12. The number of hydrogen-bond donors (Lipinski definition) is 0. The number of rotatable bonds is 3. The monoisotopic (exact) mass is 537 g/mol. The fraction of sp³-hybridized carbons (Fsp3) is 0.190. The van der Waals surface area contributed by atoms with Gasteiger partial charge in [0.05, 0.1) is 28.5 Å². The van der Waals surface area contributed by atoms with Gasteiger partial charge in [-0.1, -0.05) is 19.1 Å². The van der Waals surface area contributed by atoms with E-state index in [-0.39, 0.29) is 33.2 Å². The van der Waals surface area contributed by atoms with E-state index in [4.69, 9.17) is 0 Å². The Morgan fingerprint density at radius 3 is 2.58 bits per heavy atom. The van der Waals surface area contributed by atoms with E-state index in [0.717, 1.165) is 6.07 Å². The molecule has 5 aromatic rings. The number of benzene rings is 1. The second kappa shape index (κ2) is 7.26. The van der Waals surface area contributed by atoms with Gasteiger partial charge in [0, 0.05) is 23.1 Å². The number of imidazole rings is 2. The molecule has 0 radical (unpaired) electrons. The van der Waals surface area contributed by atoms with Gasteiger partial charge in [-0.2, -0.15) is 13.2 Å². The summed E-state index contributed by atoms with van der Waals surface area (Å²) in [6, 6.07) is 7.23. The number of para-hydroxylation sites is 1. The highest BCUT2D eigenvalue weighted by atomic mass is 79.9. The van der Waals surface area contributed by atoms with Gasteiger partial charge in [-0.3, -0.25) is 9.38 Å². The average molecular weight is 538 g/mol. The first-order valence-corrected chi connectivity index (χ1v) is 12.2. The number of alkyl halides is 3. The second-order valence-corrected chi connectivity index (χ2v) is 10.5. The molecule has 0 saturated carbocycles. The van der Waals surface area contributed by atoms with Gasteiger partial charge in [0.25, 0.3) is 0 Å². The van der Waals surface area contributed by atoms with Gasteiger partial charge in [0.1, 0.15) is 16.9 Å². The van der Waals surface area contributed by atoms with Gasteiger partial charge < -0.3 is 4.57 Å². The van der Waals surface area contributed by atoms with Crippen molar-refractivity contribution in [1.29, 1.82) is 0 Å². The summed E-state index contributed by atoms with van der Waals surface area (Å²) in [5.74, 6) is 0.0486. The Hall–Kier alpha value is -2.99. The molecule has 170 valence electrons. The fourth-order valence-electron chi connectivity index (χ4n) is 3.95. The number of pyridine rings is 2. The van der Waals surface area contributed by atoms with Crippen molar-refractivity contribution in [2.24, 2.45) is 7.05 Å². The Labute approximate surface area is 193 Å². The number of nitrogens with zero attached hydrogens (tertiary/aromatic N) is 5. The third kappa shape index (κ3) is 3.31. The van der Waals surface area contributed by atoms with Crippen molar-refractivity contribution >= 4 is 53.4 Å². The standard InChI is InChI=1S/C21H15BrF3N5O2S/c1-3-33(31,32)20-17(28-15-8-7-11(22)10-30(15)20)19-27-14-9-26-16-12(18(14)29(19)2)5-4-6-13(16)21(23,24)25/h4-10H,3H2,1-2H3. The number of fused-ring (bicyclic) bond motifs is 4. The quantitative estimate of drug-likeness (QED) is 0.323. The van der Waals surface area contributed by atoms with Crippen LogP contribution in [0.25, 0.3) is 39.1 Å². The van der Waals surface area contributed by atoms with Gasteiger partial charge in [0.2, 0.25) is 0 Å². The first kappa shape index (κ1) is 21.8. The number of aryl methyl sites for hydroxylation is 1. The molecule has 33 heavy (non-hydrogen) atoms. The molecular weight excluding hydrogens is 523 g/mol. The summed E-state index contributed by atoms with van der Waals surface area (Å²) < 4.78 is 70.3. The molecule has 0 unspecified atom stereocenters. The molecule has 0 aliphatic rings. The van der Waals surface area contributed by atoms with Crippen LogP contribution in [0, 0.1) is 0 Å². The molecule has 0 aliphatic heterocycles. The van der Waals surface area contributed by atoms with Crippen molar-refractivity contribution < 1.29 is 21.6 Å². The molecule has 1 aromatic carbocycles. The van der Waals surface area contributed by atoms with E-state index >= 15 is 0 Å². The van der Waals surface area contributed by atoms with Gasteiger partial charge >= 0.3 is 6.18 Å². The first-order valence-electron chi connectivity index (χ1n) is 9.75. The lowest BCUT2D eigenvalue weighted by Crippen LogP contribution is -2.09. The van der Waals surface area contributed by atoms with Crippen LogP contribution >= 0.6 is 15.9 Å². The van der Waals surface area contributed by atoms with Crippen LogP contribution in [-0.2, 0) is 23.1 Å². The number of sulfone groups is 1. The Morgan fingerprint density at radius 2 is 1.88 bits per heavy atom. The molecule has 4 heterocycles. The predicted octanol–water partition coefficient (Wildman–Crippen LogP) is 5.01.